The van der Waals surface area contributed by atoms with Gasteiger partial charge in [0.15, 0.2) is 0 Å². The van der Waals surface area contributed by atoms with Crippen molar-refractivity contribution in [3.8, 4) is 17.1 Å². The summed E-state index contributed by atoms with van der Waals surface area (Å²) in [5, 5.41) is 4.05. The molecule has 1 saturated heterocycles. The monoisotopic (exact) mass is 381 g/mol. The Kier molecular flexibility index (Phi) is 4.81. The summed E-state index contributed by atoms with van der Waals surface area (Å²) in [6.07, 6.45) is 1.55. The molecule has 6 nitrogen and oxygen atoms in total. The van der Waals surface area contributed by atoms with Crippen molar-refractivity contribution < 1.29 is 18.4 Å². The first-order chi connectivity index (χ1) is 13.6. The van der Waals surface area contributed by atoms with E-state index in [1.807, 2.05) is 24.3 Å². The maximum Gasteiger partial charge on any atom is 0.254 e. The summed E-state index contributed by atoms with van der Waals surface area (Å²) in [4.78, 5) is 19.1. The van der Waals surface area contributed by atoms with Gasteiger partial charge < -0.3 is 14.2 Å². The van der Waals surface area contributed by atoms with Crippen molar-refractivity contribution in [2.75, 3.05) is 13.7 Å². The highest BCUT2D eigenvalue weighted by Gasteiger charge is 2.34. The Morgan fingerprint density at radius 3 is 2.75 bits per heavy atom. The molecule has 1 aromatic heterocycles. The molecule has 0 unspecified atom stereocenters. The molecule has 0 radical (unpaired) electrons. The van der Waals surface area contributed by atoms with Crippen molar-refractivity contribution in [3.63, 3.8) is 0 Å². The highest BCUT2D eigenvalue weighted by Crippen LogP contribution is 2.33. The lowest BCUT2D eigenvalue weighted by molar-refractivity contribution is 0.0709. The van der Waals surface area contributed by atoms with E-state index in [1.54, 1.807) is 31.1 Å². The number of carbonyl (C=O) groups excluding carboxylic acids is 1. The molecule has 1 fully saturated rings. The second-order valence-corrected chi connectivity index (χ2v) is 6.81. The van der Waals surface area contributed by atoms with E-state index >= 15 is 0 Å². The number of ether oxygens (including phenoxy) is 1. The molecule has 28 heavy (non-hydrogen) atoms. The Hall–Kier alpha value is -3.22. The van der Waals surface area contributed by atoms with E-state index in [4.69, 9.17) is 9.26 Å². The van der Waals surface area contributed by atoms with Gasteiger partial charge in [-0.15, -0.1) is 0 Å². The zero-order chi connectivity index (χ0) is 19.7. The summed E-state index contributed by atoms with van der Waals surface area (Å²) in [6.45, 7) is 2.24. The molecule has 0 saturated carbocycles. The molecule has 1 aliphatic heterocycles. The van der Waals surface area contributed by atoms with Crippen molar-refractivity contribution in [1.82, 2.24) is 15.0 Å². The van der Waals surface area contributed by atoms with Crippen LogP contribution in [0.3, 0.4) is 0 Å². The zero-order valence-electron chi connectivity index (χ0n) is 15.7. The molecule has 0 N–H and O–H groups in total. The van der Waals surface area contributed by atoms with E-state index in [-0.39, 0.29) is 17.8 Å². The Bertz CT molecular complexity index is 1000. The number of benzene rings is 2. The Labute approximate surface area is 161 Å². The highest BCUT2D eigenvalue weighted by atomic mass is 19.1. The minimum atomic E-state index is -0.388. The van der Waals surface area contributed by atoms with Gasteiger partial charge in [0.1, 0.15) is 17.6 Å². The summed E-state index contributed by atoms with van der Waals surface area (Å²) >= 11 is 0. The maximum atomic E-state index is 13.9. The van der Waals surface area contributed by atoms with Gasteiger partial charge in [-0.05, 0) is 61.7 Å². The molecule has 4 rings (SSSR count). The molecule has 1 atom stereocenters. The lowest BCUT2D eigenvalue weighted by Gasteiger charge is -2.22. The van der Waals surface area contributed by atoms with Crippen molar-refractivity contribution >= 4 is 5.91 Å². The number of methoxy groups -OCH3 is 1. The van der Waals surface area contributed by atoms with Crippen LogP contribution in [0.5, 0.6) is 5.75 Å². The van der Waals surface area contributed by atoms with Crippen LogP contribution in [0.25, 0.3) is 11.4 Å². The summed E-state index contributed by atoms with van der Waals surface area (Å²) in [5.41, 5.74) is 1.63. The van der Waals surface area contributed by atoms with E-state index in [2.05, 4.69) is 10.1 Å². The molecular weight excluding hydrogens is 361 g/mol. The number of carbonyl (C=O) groups is 1. The second-order valence-electron chi connectivity index (χ2n) is 6.81. The Morgan fingerprint density at radius 1 is 1.25 bits per heavy atom. The number of aromatic nitrogens is 2. The lowest BCUT2D eigenvalue weighted by Crippen LogP contribution is -2.30. The molecule has 2 heterocycles. The topological polar surface area (TPSA) is 68.5 Å². The van der Waals surface area contributed by atoms with Crippen molar-refractivity contribution in [2.24, 2.45) is 0 Å². The number of hydrogen-bond acceptors (Lipinski definition) is 5. The highest BCUT2D eigenvalue weighted by molar-refractivity contribution is 5.94. The van der Waals surface area contributed by atoms with Crippen LogP contribution in [0, 0.1) is 12.7 Å². The van der Waals surface area contributed by atoms with Crippen LogP contribution in [0.4, 0.5) is 4.39 Å². The quantitative estimate of drug-likeness (QED) is 0.678. The molecule has 1 aliphatic rings. The number of aryl methyl sites for hydroxylation is 1. The first kappa shape index (κ1) is 18.2. The summed E-state index contributed by atoms with van der Waals surface area (Å²) in [7, 11) is 1.60. The van der Waals surface area contributed by atoms with E-state index in [1.165, 1.54) is 6.07 Å². The fourth-order valence-electron chi connectivity index (χ4n) is 3.39. The van der Waals surface area contributed by atoms with Gasteiger partial charge in [-0.1, -0.05) is 11.2 Å². The third-order valence-corrected chi connectivity index (χ3v) is 5.01. The van der Waals surface area contributed by atoms with Gasteiger partial charge >= 0.3 is 0 Å². The van der Waals surface area contributed by atoms with Gasteiger partial charge in [-0.25, -0.2) is 4.39 Å². The smallest absolute Gasteiger partial charge is 0.254 e. The van der Waals surface area contributed by atoms with Gasteiger partial charge in [0.2, 0.25) is 11.7 Å². The number of halogens is 1. The second kappa shape index (κ2) is 7.42. The number of hydrogen-bond donors (Lipinski definition) is 0. The van der Waals surface area contributed by atoms with E-state index in [0.29, 0.717) is 29.4 Å². The molecule has 0 aliphatic carbocycles. The predicted molar refractivity (Wildman–Crippen MR) is 100 cm³/mol. The number of nitrogens with zero attached hydrogens (tertiary/aromatic N) is 3. The van der Waals surface area contributed by atoms with Gasteiger partial charge in [-0.3, -0.25) is 4.79 Å². The minimum absolute atomic E-state index is 0.231. The maximum absolute atomic E-state index is 13.9. The fourth-order valence-corrected chi connectivity index (χ4v) is 3.39. The molecule has 2 aromatic carbocycles. The fraction of sp³-hybridized carbons (Fsp3) is 0.286. The van der Waals surface area contributed by atoms with E-state index in [9.17, 15) is 9.18 Å². The molecule has 0 spiro atoms. The SMILES string of the molecule is COc1ccc(-c2noc([C@@H]3CCCN3C(=O)c3ccc(C)c(F)c3)n2)cc1. The first-order valence-electron chi connectivity index (χ1n) is 9.12. The summed E-state index contributed by atoms with van der Waals surface area (Å²) < 4.78 is 24.5. The molecule has 0 bridgehead atoms. The Morgan fingerprint density at radius 2 is 2.04 bits per heavy atom. The third-order valence-electron chi connectivity index (χ3n) is 5.01. The number of likely N-dealkylation sites (tertiary alicyclic amines) is 1. The largest absolute Gasteiger partial charge is 0.497 e. The minimum Gasteiger partial charge on any atom is -0.497 e. The normalized spacial score (nSPS) is 16.4. The summed E-state index contributed by atoms with van der Waals surface area (Å²) in [6, 6.07) is 11.6. The van der Waals surface area contributed by atoms with E-state index in [0.717, 1.165) is 24.2 Å². The first-order valence-corrected chi connectivity index (χ1v) is 9.12. The molecule has 1 amide bonds. The molecule has 144 valence electrons. The number of amides is 1. The van der Waals surface area contributed by atoms with Gasteiger partial charge in [0.25, 0.3) is 5.91 Å². The summed E-state index contributed by atoms with van der Waals surface area (Å²) in [5.74, 6) is 0.972. The molecular formula is C21H20FN3O3. The van der Waals surface area contributed by atoms with Crippen LogP contribution in [0.1, 0.15) is 40.7 Å². The average Bonchev–Trinajstić information content (AvgIpc) is 3.39. The zero-order valence-corrected chi connectivity index (χ0v) is 15.7. The Balaban J connectivity index is 1.57. The van der Waals surface area contributed by atoms with Crippen LogP contribution < -0.4 is 4.74 Å². The van der Waals surface area contributed by atoms with Crippen molar-refractivity contribution in [2.45, 2.75) is 25.8 Å². The number of rotatable bonds is 4. The predicted octanol–water partition coefficient (Wildman–Crippen LogP) is 4.17. The van der Waals surface area contributed by atoms with Gasteiger partial charge in [-0.2, -0.15) is 4.98 Å². The van der Waals surface area contributed by atoms with Crippen LogP contribution in [-0.4, -0.2) is 34.6 Å². The molecule has 7 heteroatoms. The van der Waals surface area contributed by atoms with E-state index < -0.39 is 0 Å². The van der Waals surface area contributed by atoms with Crippen LogP contribution >= 0.6 is 0 Å². The van der Waals surface area contributed by atoms with Crippen LogP contribution in [0.15, 0.2) is 47.0 Å². The third kappa shape index (κ3) is 3.35. The standard InChI is InChI=1S/C21H20FN3O3/c1-13-5-6-15(12-17(13)22)21(26)25-11-3-4-18(25)20-23-19(24-28-20)14-7-9-16(27-2)10-8-14/h5-10,12,18H,3-4,11H2,1-2H3/t18-/m0/s1. The molecule has 3 aromatic rings. The van der Waals surface area contributed by atoms with Crippen LogP contribution in [0.2, 0.25) is 0 Å². The average molecular weight is 381 g/mol. The van der Waals surface area contributed by atoms with Gasteiger partial charge in [0, 0.05) is 17.7 Å². The van der Waals surface area contributed by atoms with Crippen molar-refractivity contribution in [1.29, 1.82) is 0 Å². The van der Waals surface area contributed by atoms with Crippen molar-refractivity contribution in [3.05, 3.63) is 65.3 Å². The van der Waals surface area contributed by atoms with Crippen LogP contribution in [-0.2, 0) is 0 Å². The van der Waals surface area contributed by atoms with Gasteiger partial charge in [0.05, 0.1) is 7.11 Å². The lowest BCUT2D eigenvalue weighted by atomic mass is 10.1.